The Hall–Kier alpha value is -2.07. The van der Waals surface area contributed by atoms with Crippen LogP contribution in [0.25, 0.3) is 5.69 Å². The summed E-state index contributed by atoms with van der Waals surface area (Å²) in [6.45, 7) is 5.05. The standard InChI is InChI=1S/C17H21N5O3S2/c1-11-5-4-6-13(12(11)2)22-17(18-19-20-22)27-10-15(23)21-7-8-26-14(9-21)16(24)25-3/h4-6,14H,7-10H2,1-3H3/t14-/m1/s1. The molecule has 0 bridgehead atoms. The third-order valence-corrected chi connectivity index (χ3v) is 6.52. The number of hydrogen-bond acceptors (Lipinski definition) is 8. The quantitative estimate of drug-likeness (QED) is 0.544. The van der Waals surface area contributed by atoms with E-state index in [9.17, 15) is 9.59 Å². The molecule has 144 valence electrons. The first-order chi connectivity index (χ1) is 13.0. The van der Waals surface area contributed by atoms with Gasteiger partial charge >= 0.3 is 5.97 Å². The largest absolute Gasteiger partial charge is 0.468 e. The van der Waals surface area contributed by atoms with Crippen LogP contribution in [-0.4, -0.2) is 73.9 Å². The average Bonchev–Trinajstić information content (AvgIpc) is 3.16. The second-order valence-electron chi connectivity index (χ2n) is 6.10. The third-order valence-electron chi connectivity index (χ3n) is 4.45. The first kappa shape index (κ1) is 19.7. The van der Waals surface area contributed by atoms with Crippen LogP contribution in [0.15, 0.2) is 23.4 Å². The number of benzene rings is 1. The lowest BCUT2D eigenvalue weighted by Gasteiger charge is -2.30. The second-order valence-corrected chi connectivity index (χ2v) is 8.36. The zero-order chi connectivity index (χ0) is 19.4. The van der Waals surface area contributed by atoms with Crippen LogP contribution in [0.4, 0.5) is 0 Å². The van der Waals surface area contributed by atoms with E-state index in [4.69, 9.17) is 4.74 Å². The van der Waals surface area contributed by atoms with Crippen LogP contribution < -0.4 is 0 Å². The Balaban J connectivity index is 1.66. The molecule has 3 rings (SSSR count). The molecule has 2 aromatic rings. The lowest BCUT2D eigenvalue weighted by molar-refractivity contribution is -0.141. The van der Waals surface area contributed by atoms with Gasteiger partial charge in [0, 0.05) is 18.8 Å². The summed E-state index contributed by atoms with van der Waals surface area (Å²) in [5.74, 6) is 0.606. The van der Waals surface area contributed by atoms with E-state index in [-0.39, 0.29) is 22.9 Å². The Bertz CT molecular complexity index is 842. The van der Waals surface area contributed by atoms with Gasteiger partial charge in [0.25, 0.3) is 0 Å². The highest BCUT2D eigenvalue weighted by Crippen LogP contribution is 2.24. The minimum Gasteiger partial charge on any atom is -0.468 e. The molecule has 0 N–H and O–H groups in total. The highest BCUT2D eigenvalue weighted by Gasteiger charge is 2.29. The van der Waals surface area contributed by atoms with Gasteiger partial charge in [-0.05, 0) is 41.5 Å². The first-order valence-corrected chi connectivity index (χ1v) is 10.5. The number of methoxy groups -OCH3 is 1. The van der Waals surface area contributed by atoms with Gasteiger partial charge < -0.3 is 9.64 Å². The van der Waals surface area contributed by atoms with E-state index in [1.807, 2.05) is 32.0 Å². The van der Waals surface area contributed by atoms with E-state index >= 15 is 0 Å². The van der Waals surface area contributed by atoms with Crippen molar-refractivity contribution in [1.82, 2.24) is 25.1 Å². The molecule has 0 aliphatic carbocycles. The maximum atomic E-state index is 12.6. The van der Waals surface area contributed by atoms with E-state index in [2.05, 4.69) is 15.5 Å². The van der Waals surface area contributed by atoms with Crippen molar-refractivity contribution >= 4 is 35.4 Å². The average molecular weight is 408 g/mol. The zero-order valence-electron chi connectivity index (χ0n) is 15.4. The maximum absolute atomic E-state index is 12.6. The van der Waals surface area contributed by atoms with E-state index in [0.29, 0.717) is 18.2 Å². The number of carbonyl (C=O) groups excluding carboxylic acids is 2. The van der Waals surface area contributed by atoms with Crippen molar-refractivity contribution in [3.8, 4) is 5.69 Å². The van der Waals surface area contributed by atoms with Gasteiger partial charge in [-0.3, -0.25) is 9.59 Å². The summed E-state index contributed by atoms with van der Waals surface area (Å²) < 4.78 is 6.45. The monoisotopic (exact) mass is 407 g/mol. The second kappa shape index (κ2) is 8.75. The molecule has 1 saturated heterocycles. The van der Waals surface area contributed by atoms with Gasteiger partial charge in [-0.2, -0.15) is 4.68 Å². The Labute approximate surface area is 166 Å². The summed E-state index contributed by atoms with van der Waals surface area (Å²) >= 11 is 2.82. The predicted octanol–water partition coefficient (Wildman–Crippen LogP) is 1.49. The fraction of sp³-hybridized carbons (Fsp3) is 0.471. The number of thioether (sulfide) groups is 2. The Morgan fingerprint density at radius 2 is 2.19 bits per heavy atom. The molecule has 2 heterocycles. The lowest BCUT2D eigenvalue weighted by atomic mass is 10.1. The molecule has 0 radical (unpaired) electrons. The van der Waals surface area contributed by atoms with Gasteiger partial charge in [0.05, 0.1) is 18.6 Å². The van der Waals surface area contributed by atoms with Crippen LogP contribution in [0.1, 0.15) is 11.1 Å². The van der Waals surface area contributed by atoms with Crippen LogP contribution in [0.3, 0.4) is 0 Å². The summed E-state index contributed by atoms with van der Waals surface area (Å²) in [5.41, 5.74) is 3.14. The lowest BCUT2D eigenvalue weighted by Crippen LogP contribution is -2.45. The number of aryl methyl sites for hydroxylation is 1. The first-order valence-electron chi connectivity index (χ1n) is 8.46. The summed E-state index contributed by atoms with van der Waals surface area (Å²) in [6, 6.07) is 5.94. The molecular weight excluding hydrogens is 386 g/mol. The highest BCUT2D eigenvalue weighted by atomic mass is 32.2. The molecule has 27 heavy (non-hydrogen) atoms. The number of esters is 1. The van der Waals surface area contributed by atoms with Crippen LogP contribution in [-0.2, 0) is 14.3 Å². The third kappa shape index (κ3) is 4.44. The number of hydrogen-bond donors (Lipinski definition) is 0. The van der Waals surface area contributed by atoms with Crippen molar-refractivity contribution in [2.24, 2.45) is 0 Å². The normalized spacial score (nSPS) is 17.0. The molecule has 1 aromatic carbocycles. The van der Waals surface area contributed by atoms with Crippen molar-refractivity contribution in [2.75, 3.05) is 31.7 Å². The number of carbonyl (C=O) groups is 2. The summed E-state index contributed by atoms with van der Waals surface area (Å²) in [5, 5.41) is 12.1. The van der Waals surface area contributed by atoms with Gasteiger partial charge in [-0.25, -0.2) is 0 Å². The Morgan fingerprint density at radius 3 is 2.96 bits per heavy atom. The van der Waals surface area contributed by atoms with Crippen molar-refractivity contribution in [3.05, 3.63) is 29.3 Å². The predicted molar refractivity (Wildman–Crippen MR) is 104 cm³/mol. The molecule has 1 aliphatic heterocycles. The van der Waals surface area contributed by atoms with Crippen molar-refractivity contribution in [1.29, 1.82) is 0 Å². The van der Waals surface area contributed by atoms with Crippen LogP contribution in [0, 0.1) is 13.8 Å². The summed E-state index contributed by atoms with van der Waals surface area (Å²) in [4.78, 5) is 26.0. The summed E-state index contributed by atoms with van der Waals surface area (Å²) in [7, 11) is 1.37. The number of tetrazole rings is 1. The van der Waals surface area contributed by atoms with E-state index in [1.165, 1.54) is 30.6 Å². The number of ether oxygens (including phenoxy) is 1. The van der Waals surface area contributed by atoms with E-state index in [1.54, 1.807) is 9.58 Å². The van der Waals surface area contributed by atoms with Gasteiger partial charge in [0.2, 0.25) is 11.1 Å². The van der Waals surface area contributed by atoms with Crippen LogP contribution >= 0.6 is 23.5 Å². The molecule has 8 nitrogen and oxygen atoms in total. The number of nitrogens with zero attached hydrogens (tertiary/aromatic N) is 5. The number of amides is 1. The molecule has 0 saturated carbocycles. The molecular formula is C17H21N5O3S2. The van der Waals surface area contributed by atoms with Gasteiger partial charge in [0.15, 0.2) is 0 Å². The molecule has 10 heteroatoms. The topological polar surface area (TPSA) is 90.2 Å². The molecule has 1 aromatic heterocycles. The van der Waals surface area contributed by atoms with Gasteiger partial charge in [-0.15, -0.1) is 16.9 Å². The van der Waals surface area contributed by atoms with E-state index < -0.39 is 0 Å². The van der Waals surface area contributed by atoms with Crippen molar-refractivity contribution < 1.29 is 14.3 Å². The van der Waals surface area contributed by atoms with Crippen molar-refractivity contribution in [3.63, 3.8) is 0 Å². The zero-order valence-corrected chi connectivity index (χ0v) is 17.0. The Kier molecular flexibility index (Phi) is 6.38. The Morgan fingerprint density at radius 1 is 1.37 bits per heavy atom. The smallest absolute Gasteiger partial charge is 0.320 e. The molecule has 1 aliphatic rings. The van der Waals surface area contributed by atoms with Gasteiger partial charge in [0.1, 0.15) is 5.25 Å². The fourth-order valence-corrected chi connectivity index (χ4v) is 4.67. The minimum absolute atomic E-state index is 0.0373. The number of aromatic nitrogens is 4. The highest BCUT2D eigenvalue weighted by molar-refractivity contribution is 8.00. The molecule has 1 amide bonds. The molecule has 1 atom stereocenters. The van der Waals surface area contributed by atoms with E-state index in [0.717, 1.165) is 22.6 Å². The molecule has 1 fully saturated rings. The maximum Gasteiger partial charge on any atom is 0.320 e. The van der Waals surface area contributed by atoms with Gasteiger partial charge in [-0.1, -0.05) is 23.9 Å². The minimum atomic E-state index is -0.321. The van der Waals surface area contributed by atoms with Crippen molar-refractivity contribution in [2.45, 2.75) is 24.3 Å². The molecule has 0 spiro atoms. The van der Waals surface area contributed by atoms with Crippen LogP contribution in [0.5, 0.6) is 0 Å². The van der Waals surface area contributed by atoms with Crippen LogP contribution in [0.2, 0.25) is 0 Å². The SMILES string of the molecule is COC(=O)[C@H]1CN(C(=O)CSc2nnnn2-c2cccc(C)c2C)CCS1. The summed E-state index contributed by atoms with van der Waals surface area (Å²) in [6.07, 6.45) is 0. The number of rotatable bonds is 5. The molecule has 0 unspecified atom stereocenters. The fourth-order valence-electron chi connectivity index (χ4n) is 2.75.